The standard InChI is InChI=1S/C20H28N4O2S/c1-6-15-7-9-16(10-8-15)22-20(26)24(14(4)5)11-18-23-17(12-27-18)19(25)21-13(2)3/h7-10,12-14H,6,11H2,1-5H3,(H,21,25)(H,22,26). The number of hydrogen-bond donors (Lipinski definition) is 2. The fourth-order valence-electron chi connectivity index (χ4n) is 2.48. The molecule has 0 radical (unpaired) electrons. The minimum atomic E-state index is -0.191. The maximum absolute atomic E-state index is 12.7. The summed E-state index contributed by atoms with van der Waals surface area (Å²) in [6.45, 7) is 10.2. The van der Waals surface area contributed by atoms with E-state index in [-0.39, 0.29) is 24.0 Å². The molecule has 0 unspecified atom stereocenters. The Balaban J connectivity index is 2.05. The Labute approximate surface area is 165 Å². The van der Waals surface area contributed by atoms with E-state index in [1.807, 2.05) is 52.0 Å². The second kappa shape index (κ2) is 9.50. The van der Waals surface area contributed by atoms with Gasteiger partial charge in [0, 0.05) is 23.2 Å². The molecule has 0 saturated carbocycles. The Morgan fingerprint density at radius 3 is 2.37 bits per heavy atom. The molecule has 6 nitrogen and oxygen atoms in total. The largest absolute Gasteiger partial charge is 0.349 e. The molecular formula is C20H28N4O2S. The smallest absolute Gasteiger partial charge is 0.322 e. The summed E-state index contributed by atoms with van der Waals surface area (Å²) in [6.07, 6.45) is 0.961. The lowest BCUT2D eigenvalue weighted by Crippen LogP contribution is -2.39. The second-order valence-electron chi connectivity index (χ2n) is 6.96. The molecule has 27 heavy (non-hydrogen) atoms. The Hall–Kier alpha value is -2.41. The van der Waals surface area contributed by atoms with Crippen molar-refractivity contribution in [2.75, 3.05) is 5.32 Å². The number of anilines is 1. The van der Waals surface area contributed by atoms with Gasteiger partial charge in [-0.1, -0.05) is 19.1 Å². The zero-order chi connectivity index (χ0) is 20.0. The maximum Gasteiger partial charge on any atom is 0.322 e. The van der Waals surface area contributed by atoms with E-state index in [1.165, 1.54) is 16.9 Å². The average Bonchev–Trinajstić information content (AvgIpc) is 3.08. The zero-order valence-electron chi connectivity index (χ0n) is 16.6. The number of aryl methyl sites for hydroxylation is 1. The van der Waals surface area contributed by atoms with Crippen LogP contribution in [0.15, 0.2) is 29.6 Å². The summed E-state index contributed by atoms with van der Waals surface area (Å²) < 4.78 is 0. The highest BCUT2D eigenvalue weighted by Crippen LogP contribution is 2.17. The Kier molecular flexibility index (Phi) is 7.36. The molecule has 146 valence electrons. The van der Waals surface area contributed by atoms with Crippen molar-refractivity contribution >= 4 is 29.0 Å². The first-order chi connectivity index (χ1) is 12.8. The molecular weight excluding hydrogens is 360 g/mol. The van der Waals surface area contributed by atoms with Gasteiger partial charge in [-0.05, 0) is 51.8 Å². The Morgan fingerprint density at radius 1 is 1.15 bits per heavy atom. The van der Waals surface area contributed by atoms with Gasteiger partial charge >= 0.3 is 6.03 Å². The Morgan fingerprint density at radius 2 is 1.81 bits per heavy atom. The summed E-state index contributed by atoms with van der Waals surface area (Å²) in [5.41, 5.74) is 2.38. The first-order valence-electron chi connectivity index (χ1n) is 9.22. The minimum absolute atomic E-state index is 0.00300. The summed E-state index contributed by atoms with van der Waals surface area (Å²) >= 11 is 1.39. The van der Waals surface area contributed by atoms with Crippen LogP contribution in [0.2, 0.25) is 0 Å². The third-order valence-corrected chi connectivity index (χ3v) is 4.84. The van der Waals surface area contributed by atoms with Crippen LogP contribution >= 0.6 is 11.3 Å². The summed E-state index contributed by atoms with van der Waals surface area (Å²) in [4.78, 5) is 30.9. The van der Waals surface area contributed by atoms with Gasteiger partial charge in [-0.25, -0.2) is 9.78 Å². The van der Waals surface area contributed by atoms with Crippen molar-refractivity contribution in [3.8, 4) is 0 Å². The lowest BCUT2D eigenvalue weighted by Gasteiger charge is -2.26. The van der Waals surface area contributed by atoms with Crippen LogP contribution in [0.25, 0.3) is 0 Å². The number of aromatic nitrogens is 1. The minimum Gasteiger partial charge on any atom is -0.349 e. The monoisotopic (exact) mass is 388 g/mol. The molecule has 1 aromatic heterocycles. The van der Waals surface area contributed by atoms with Gasteiger partial charge in [0.05, 0.1) is 6.54 Å². The fourth-order valence-corrected chi connectivity index (χ4v) is 3.25. The van der Waals surface area contributed by atoms with Gasteiger partial charge in [0.2, 0.25) is 0 Å². The SMILES string of the molecule is CCc1ccc(NC(=O)N(Cc2nc(C(=O)NC(C)C)cs2)C(C)C)cc1. The van der Waals surface area contributed by atoms with Gasteiger partial charge in [0.15, 0.2) is 0 Å². The quantitative estimate of drug-likeness (QED) is 0.743. The summed E-state index contributed by atoms with van der Waals surface area (Å²) in [7, 11) is 0. The molecule has 2 rings (SSSR count). The van der Waals surface area contributed by atoms with Gasteiger partial charge < -0.3 is 15.5 Å². The van der Waals surface area contributed by atoms with Gasteiger partial charge in [0.25, 0.3) is 5.91 Å². The van der Waals surface area contributed by atoms with Gasteiger partial charge in [-0.3, -0.25) is 4.79 Å². The van der Waals surface area contributed by atoms with Gasteiger partial charge in [-0.15, -0.1) is 11.3 Å². The molecule has 2 aromatic rings. The molecule has 0 bridgehead atoms. The van der Waals surface area contributed by atoms with Crippen LogP contribution in [-0.2, 0) is 13.0 Å². The van der Waals surface area contributed by atoms with Crippen molar-refractivity contribution in [3.63, 3.8) is 0 Å². The molecule has 2 N–H and O–H groups in total. The number of rotatable bonds is 7. The van der Waals surface area contributed by atoms with Crippen LogP contribution in [0.5, 0.6) is 0 Å². The fraction of sp³-hybridized carbons (Fsp3) is 0.450. The highest BCUT2D eigenvalue weighted by atomic mass is 32.1. The van der Waals surface area contributed by atoms with Crippen LogP contribution in [0.3, 0.4) is 0 Å². The summed E-state index contributed by atoms with van der Waals surface area (Å²) in [5.74, 6) is -0.191. The number of urea groups is 1. The van der Waals surface area contributed by atoms with Crippen LogP contribution in [0.1, 0.15) is 55.7 Å². The summed E-state index contributed by atoms with van der Waals surface area (Å²) in [6, 6.07) is 7.71. The van der Waals surface area contributed by atoms with E-state index in [0.717, 1.165) is 17.1 Å². The van der Waals surface area contributed by atoms with Crippen molar-refractivity contribution in [1.29, 1.82) is 0 Å². The third kappa shape index (κ3) is 6.06. The molecule has 3 amide bonds. The van der Waals surface area contributed by atoms with E-state index in [4.69, 9.17) is 0 Å². The second-order valence-corrected chi connectivity index (χ2v) is 7.90. The van der Waals surface area contributed by atoms with Crippen molar-refractivity contribution in [2.24, 2.45) is 0 Å². The molecule has 7 heteroatoms. The molecule has 0 aliphatic heterocycles. The lowest BCUT2D eigenvalue weighted by atomic mass is 10.1. The molecule has 1 heterocycles. The topological polar surface area (TPSA) is 74.3 Å². The third-order valence-electron chi connectivity index (χ3n) is 4.01. The van der Waals surface area contributed by atoms with Crippen LogP contribution in [-0.4, -0.2) is 33.9 Å². The number of carbonyl (C=O) groups is 2. The van der Waals surface area contributed by atoms with Gasteiger partial charge in [0.1, 0.15) is 10.7 Å². The van der Waals surface area contributed by atoms with Crippen LogP contribution in [0.4, 0.5) is 10.5 Å². The van der Waals surface area contributed by atoms with E-state index >= 15 is 0 Å². The van der Waals surface area contributed by atoms with E-state index in [1.54, 1.807) is 10.3 Å². The van der Waals surface area contributed by atoms with Crippen molar-refractivity contribution in [2.45, 2.75) is 59.7 Å². The highest BCUT2D eigenvalue weighted by molar-refractivity contribution is 7.09. The molecule has 1 aromatic carbocycles. The molecule has 0 aliphatic rings. The molecule has 0 fully saturated rings. The maximum atomic E-state index is 12.7. The molecule has 0 atom stereocenters. The zero-order valence-corrected chi connectivity index (χ0v) is 17.4. The predicted octanol–water partition coefficient (Wildman–Crippen LogP) is 4.29. The van der Waals surface area contributed by atoms with Crippen molar-refractivity contribution < 1.29 is 9.59 Å². The molecule has 0 spiro atoms. The highest BCUT2D eigenvalue weighted by Gasteiger charge is 2.20. The number of carbonyl (C=O) groups excluding carboxylic acids is 2. The average molecular weight is 389 g/mol. The predicted molar refractivity (Wildman–Crippen MR) is 110 cm³/mol. The normalized spacial score (nSPS) is 10.9. The van der Waals surface area contributed by atoms with E-state index < -0.39 is 0 Å². The lowest BCUT2D eigenvalue weighted by molar-refractivity contribution is 0.0938. The molecule has 0 saturated heterocycles. The van der Waals surface area contributed by atoms with Crippen LogP contribution in [0, 0.1) is 0 Å². The number of nitrogens with zero attached hydrogens (tertiary/aromatic N) is 2. The Bertz CT molecular complexity index is 769. The van der Waals surface area contributed by atoms with Crippen molar-refractivity contribution in [1.82, 2.24) is 15.2 Å². The number of thiazole rings is 1. The number of nitrogens with one attached hydrogen (secondary N) is 2. The first kappa shape index (κ1) is 20.9. The van der Waals surface area contributed by atoms with E-state index in [0.29, 0.717) is 12.2 Å². The number of hydrogen-bond acceptors (Lipinski definition) is 4. The van der Waals surface area contributed by atoms with Crippen LogP contribution < -0.4 is 10.6 Å². The number of benzene rings is 1. The van der Waals surface area contributed by atoms with Crippen molar-refractivity contribution in [3.05, 3.63) is 45.9 Å². The van der Waals surface area contributed by atoms with Gasteiger partial charge in [-0.2, -0.15) is 0 Å². The van der Waals surface area contributed by atoms with E-state index in [9.17, 15) is 9.59 Å². The molecule has 0 aliphatic carbocycles. The number of amides is 3. The first-order valence-corrected chi connectivity index (χ1v) is 10.1. The van der Waals surface area contributed by atoms with E-state index in [2.05, 4.69) is 22.5 Å². The summed E-state index contributed by atoms with van der Waals surface area (Å²) in [5, 5.41) is 8.22.